The maximum Gasteiger partial charge on any atom is 0.409 e. The summed E-state index contributed by atoms with van der Waals surface area (Å²) in [4.78, 5) is 25.4. The number of β-amino-alcohol motifs (C(OH)–C–C–N with tert-alkyl or cyclic N) is 1. The number of hydrogen-bond donors (Lipinski definition) is 1. The van der Waals surface area contributed by atoms with Crippen LogP contribution in [0, 0.1) is 10.1 Å². The van der Waals surface area contributed by atoms with Gasteiger partial charge in [-0.1, -0.05) is 0 Å². The van der Waals surface area contributed by atoms with E-state index < -0.39 is 11.0 Å². The number of carbonyl (C=O) groups is 1. The number of carbonyl (C=O) groups excluding carboxylic acids is 1. The summed E-state index contributed by atoms with van der Waals surface area (Å²) in [6, 6.07) is 5.72. The van der Waals surface area contributed by atoms with E-state index in [0.717, 1.165) is 0 Å². The molecule has 1 heterocycles. The topological polar surface area (TPSA) is 105 Å². The lowest BCUT2D eigenvalue weighted by Crippen LogP contribution is -2.51. The van der Waals surface area contributed by atoms with Gasteiger partial charge in [-0.25, -0.2) is 4.79 Å². The number of aliphatic hydroxyl groups excluding tert-OH is 1. The SMILES string of the molecule is CCOC(=O)N1CCN(CC(O)COc2ccc([N+](=O)[O-])cc2)CC1.Cl. The number of nitro groups is 1. The smallest absolute Gasteiger partial charge is 0.409 e. The van der Waals surface area contributed by atoms with Gasteiger partial charge >= 0.3 is 6.09 Å². The summed E-state index contributed by atoms with van der Waals surface area (Å²) in [6.45, 7) is 5.11. The third-order valence-electron chi connectivity index (χ3n) is 3.86. The number of nitro benzene ring substituents is 1. The van der Waals surface area contributed by atoms with E-state index in [-0.39, 0.29) is 30.8 Å². The molecule has 0 saturated carbocycles. The maximum absolute atomic E-state index is 11.6. The zero-order chi connectivity index (χ0) is 18.2. The minimum Gasteiger partial charge on any atom is -0.491 e. The van der Waals surface area contributed by atoms with E-state index in [1.165, 1.54) is 24.3 Å². The Labute approximate surface area is 158 Å². The molecule has 10 heteroatoms. The largest absolute Gasteiger partial charge is 0.491 e. The summed E-state index contributed by atoms with van der Waals surface area (Å²) in [6.07, 6.45) is -0.992. The number of nitrogens with zero attached hydrogens (tertiary/aromatic N) is 3. The van der Waals surface area contributed by atoms with Crippen LogP contribution in [0.3, 0.4) is 0 Å². The van der Waals surface area contributed by atoms with Gasteiger partial charge in [-0.05, 0) is 19.1 Å². The molecule has 9 nitrogen and oxygen atoms in total. The first-order valence-corrected chi connectivity index (χ1v) is 8.19. The molecule has 1 aliphatic heterocycles. The zero-order valence-corrected chi connectivity index (χ0v) is 15.4. The third-order valence-corrected chi connectivity index (χ3v) is 3.86. The molecule has 0 aliphatic carbocycles. The number of amides is 1. The molecule has 2 rings (SSSR count). The van der Waals surface area contributed by atoms with E-state index in [0.29, 0.717) is 45.1 Å². The molecule has 1 unspecified atom stereocenters. The second-order valence-corrected chi connectivity index (χ2v) is 5.70. The van der Waals surface area contributed by atoms with Crippen molar-refractivity contribution in [1.82, 2.24) is 9.80 Å². The molecule has 0 aromatic heterocycles. The van der Waals surface area contributed by atoms with E-state index in [2.05, 4.69) is 4.90 Å². The fourth-order valence-electron chi connectivity index (χ4n) is 2.54. The predicted octanol–water partition coefficient (Wildman–Crippen LogP) is 1.53. The zero-order valence-electron chi connectivity index (χ0n) is 14.6. The molecule has 1 aliphatic rings. The van der Waals surface area contributed by atoms with Crippen LogP contribution in [0.1, 0.15) is 6.92 Å². The quantitative estimate of drug-likeness (QED) is 0.556. The summed E-state index contributed by atoms with van der Waals surface area (Å²) in [5.74, 6) is 0.469. The molecule has 0 bridgehead atoms. The van der Waals surface area contributed by atoms with Gasteiger partial charge in [-0.15, -0.1) is 12.4 Å². The summed E-state index contributed by atoms with van der Waals surface area (Å²) in [5, 5.41) is 20.7. The van der Waals surface area contributed by atoms with E-state index in [9.17, 15) is 20.0 Å². The van der Waals surface area contributed by atoms with Gasteiger partial charge in [0.1, 0.15) is 18.5 Å². The molecular weight excluding hydrogens is 366 g/mol. The standard InChI is InChI=1S/C16H23N3O6.ClH/c1-2-24-16(21)18-9-7-17(8-10-18)11-14(20)12-25-15-5-3-13(4-6-15)19(22)23;/h3-6,14,20H,2,7-12H2,1H3;1H. The van der Waals surface area contributed by atoms with Crippen LogP contribution >= 0.6 is 12.4 Å². The van der Waals surface area contributed by atoms with Gasteiger partial charge in [0, 0.05) is 44.9 Å². The number of non-ortho nitro benzene ring substituents is 1. The van der Waals surface area contributed by atoms with Crippen LogP contribution < -0.4 is 4.74 Å². The first-order chi connectivity index (χ1) is 12.0. The second kappa shape index (κ2) is 10.8. The van der Waals surface area contributed by atoms with Gasteiger partial charge in [0.25, 0.3) is 5.69 Å². The lowest BCUT2D eigenvalue weighted by Gasteiger charge is -2.34. The Morgan fingerprint density at radius 2 is 1.88 bits per heavy atom. The number of hydrogen-bond acceptors (Lipinski definition) is 7. The molecule has 1 saturated heterocycles. The van der Waals surface area contributed by atoms with Crippen LogP contribution in [0.4, 0.5) is 10.5 Å². The molecule has 1 aromatic rings. The lowest BCUT2D eigenvalue weighted by atomic mass is 10.2. The number of aliphatic hydroxyl groups is 1. The molecule has 1 atom stereocenters. The monoisotopic (exact) mass is 389 g/mol. The third kappa shape index (κ3) is 6.66. The summed E-state index contributed by atoms with van der Waals surface area (Å²) in [5.41, 5.74) is -0.00707. The van der Waals surface area contributed by atoms with Crippen molar-refractivity contribution in [3.05, 3.63) is 34.4 Å². The first kappa shape index (κ1) is 21.9. The average Bonchev–Trinajstić information content (AvgIpc) is 2.61. The van der Waals surface area contributed by atoms with Crippen LogP contribution in [0.15, 0.2) is 24.3 Å². The Morgan fingerprint density at radius 1 is 1.27 bits per heavy atom. The van der Waals surface area contributed by atoms with Crippen LogP contribution in [0.2, 0.25) is 0 Å². The van der Waals surface area contributed by atoms with Crippen molar-refractivity contribution in [3.63, 3.8) is 0 Å². The number of rotatable bonds is 7. The minimum atomic E-state index is -0.690. The van der Waals surface area contributed by atoms with Crippen LogP contribution in [0.25, 0.3) is 0 Å². The molecule has 0 radical (unpaired) electrons. The Kier molecular flexibility index (Phi) is 9.11. The van der Waals surface area contributed by atoms with E-state index in [1.807, 2.05) is 0 Å². The average molecular weight is 390 g/mol. The number of halogens is 1. The summed E-state index contributed by atoms with van der Waals surface area (Å²) < 4.78 is 10.4. The van der Waals surface area contributed by atoms with Crippen molar-refractivity contribution in [2.45, 2.75) is 13.0 Å². The van der Waals surface area contributed by atoms with E-state index in [1.54, 1.807) is 11.8 Å². The highest BCUT2D eigenvalue weighted by Crippen LogP contribution is 2.17. The first-order valence-electron chi connectivity index (χ1n) is 8.19. The van der Waals surface area contributed by atoms with Crippen LogP contribution in [-0.2, 0) is 4.74 Å². The van der Waals surface area contributed by atoms with Crippen molar-refractivity contribution in [2.24, 2.45) is 0 Å². The van der Waals surface area contributed by atoms with Crippen molar-refractivity contribution >= 4 is 24.2 Å². The molecule has 1 amide bonds. The van der Waals surface area contributed by atoms with Gasteiger partial charge in [0.05, 0.1) is 11.5 Å². The molecule has 0 spiro atoms. The van der Waals surface area contributed by atoms with Crippen molar-refractivity contribution in [2.75, 3.05) is 45.9 Å². The van der Waals surface area contributed by atoms with Crippen molar-refractivity contribution < 1.29 is 24.3 Å². The highest BCUT2D eigenvalue weighted by molar-refractivity contribution is 5.85. The number of ether oxygens (including phenoxy) is 2. The molecule has 26 heavy (non-hydrogen) atoms. The van der Waals surface area contributed by atoms with Gasteiger partial charge < -0.3 is 19.5 Å². The van der Waals surface area contributed by atoms with Crippen molar-refractivity contribution in [3.8, 4) is 5.75 Å². The second-order valence-electron chi connectivity index (χ2n) is 5.70. The van der Waals surface area contributed by atoms with Gasteiger partial charge in [-0.3, -0.25) is 15.0 Å². The van der Waals surface area contributed by atoms with Crippen LogP contribution in [0.5, 0.6) is 5.75 Å². The lowest BCUT2D eigenvalue weighted by molar-refractivity contribution is -0.384. The normalized spacial score (nSPS) is 15.7. The Morgan fingerprint density at radius 3 is 2.42 bits per heavy atom. The molecule has 1 N–H and O–H groups in total. The Bertz CT molecular complexity index is 578. The molecule has 1 fully saturated rings. The Hall–Kier alpha value is -2.10. The van der Waals surface area contributed by atoms with Gasteiger partial charge in [0.15, 0.2) is 0 Å². The highest BCUT2D eigenvalue weighted by Gasteiger charge is 2.23. The summed E-state index contributed by atoms with van der Waals surface area (Å²) >= 11 is 0. The van der Waals surface area contributed by atoms with Crippen molar-refractivity contribution in [1.29, 1.82) is 0 Å². The predicted molar refractivity (Wildman–Crippen MR) is 96.9 cm³/mol. The Balaban J connectivity index is 0.00000338. The van der Waals surface area contributed by atoms with Crippen LogP contribution in [-0.4, -0.2) is 78.0 Å². The fraction of sp³-hybridized carbons (Fsp3) is 0.562. The number of piperazine rings is 1. The maximum atomic E-state index is 11.6. The van der Waals surface area contributed by atoms with Gasteiger partial charge in [0.2, 0.25) is 0 Å². The van der Waals surface area contributed by atoms with E-state index in [4.69, 9.17) is 9.47 Å². The minimum absolute atomic E-state index is 0. The highest BCUT2D eigenvalue weighted by atomic mass is 35.5. The molecule has 146 valence electrons. The van der Waals surface area contributed by atoms with Gasteiger partial charge in [-0.2, -0.15) is 0 Å². The molecule has 1 aromatic carbocycles. The fourth-order valence-corrected chi connectivity index (χ4v) is 2.54. The number of benzene rings is 1. The van der Waals surface area contributed by atoms with E-state index >= 15 is 0 Å². The summed E-state index contributed by atoms with van der Waals surface area (Å²) in [7, 11) is 0. The molecular formula is C16H24ClN3O6.